The minimum absolute atomic E-state index is 0.0745. The molecule has 27 nitrogen and oxygen atoms in total. The molecule has 135 heavy (non-hydrogen) atoms. The van der Waals surface area contributed by atoms with E-state index in [0.717, 1.165) is 156 Å². The van der Waals surface area contributed by atoms with Crippen molar-refractivity contribution in [1.82, 2.24) is 72.9 Å². The third-order valence-corrected chi connectivity index (χ3v) is 22.8. The predicted molar refractivity (Wildman–Crippen MR) is 526 cm³/mol. The van der Waals surface area contributed by atoms with E-state index in [0.29, 0.717) is 87.6 Å². The van der Waals surface area contributed by atoms with E-state index in [4.69, 9.17) is 22.9 Å². The first-order chi connectivity index (χ1) is 64.9. The van der Waals surface area contributed by atoms with E-state index in [2.05, 4.69) is 118 Å². The van der Waals surface area contributed by atoms with Crippen LogP contribution in [0.4, 0.5) is 59.3 Å². The van der Waals surface area contributed by atoms with Crippen LogP contribution in [0.1, 0.15) is 164 Å². The molecule has 0 aliphatic carbocycles. The van der Waals surface area contributed by atoms with Gasteiger partial charge < -0.3 is 67.4 Å². The monoisotopic (exact) mass is 1800 g/mol. The fourth-order valence-corrected chi connectivity index (χ4v) is 15.2. The van der Waals surface area contributed by atoms with Gasteiger partial charge in [-0.1, -0.05) is 108 Å². The molecule has 0 spiro atoms. The lowest BCUT2D eigenvalue weighted by Gasteiger charge is -2.33. The highest BCUT2D eigenvalue weighted by Crippen LogP contribution is 2.36. The third kappa shape index (κ3) is 22.6. The summed E-state index contributed by atoms with van der Waals surface area (Å²) in [6.07, 6.45) is 8.90. The smallest absolute Gasteiger partial charge is 0.383 e. The van der Waals surface area contributed by atoms with Gasteiger partial charge in [0.25, 0.3) is 23.6 Å². The highest BCUT2D eigenvalue weighted by molar-refractivity contribution is 6.07. The van der Waals surface area contributed by atoms with Gasteiger partial charge in [-0.2, -0.15) is 13.2 Å². The summed E-state index contributed by atoms with van der Waals surface area (Å²) in [6.45, 7) is 27.9. The van der Waals surface area contributed by atoms with E-state index in [9.17, 15) is 32.3 Å². The van der Waals surface area contributed by atoms with Crippen LogP contribution in [0.15, 0.2) is 208 Å². The lowest BCUT2D eigenvalue weighted by atomic mass is 10.0. The van der Waals surface area contributed by atoms with E-state index in [1.54, 1.807) is 48.5 Å². The highest BCUT2D eigenvalue weighted by Gasteiger charge is 2.35. The van der Waals surface area contributed by atoms with Crippen LogP contribution in [0.2, 0.25) is 0 Å². The number of halogens is 3. The van der Waals surface area contributed by atoms with E-state index in [1.807, 2.05) is 222 Å². The topological polar surface area (TPSA) is 363 Å². The first kappa shape index (κ1) is 94.3. The second-order valence-corrected chi connectivity index (χ2v) is 32.4. The fourth-order valence-electron chi connectivity index (χ4n) is 15.2. The number of hydrogen-bond acceptors (Lipinski definition) is 19. The van der Waals surface area contributed by atoms with Crippen molar-refractivity contribution in [2.75, 3.05) is 77.4 Å². The van der Waals surface area contributed by atoms with Gasteiger partial charge in [0, 0.05) is 151 Å². The van der Waals surface area contributed by atoms with Crippen LogP contribution >= 0.6 is 0 Å². The van der Waals surface area contributed by atoms with Gasteiger partial charge in [0.2, 0.25) is 0 Å². The fraction of sp³-hybridized carbons (Fsp3) is 0.210. The second kappa shape index (κ2) is 42.0. The summed E-state index contributed by atoms with van der Waals surface area (Å²) in [4.78, 5) is 93.5. The summed E-state index contributed by atoms with van der Waals surface area (Å²) in [7, 11) is 2.00. The van der Waals surface area contributed by atoms with Gasteiger partial charge >= 0.3 is 6.18 Å². The molecule has 1 aliphatic heterocycles. The quantitative estimate of drug-likeness (QED) is 0.0469. The van der Waals surface area contributed by atoms with Crippen LogP contribution in [0.3, 0.4) is 0 Å². The number of nitrogens with zero attached hydrogens (tertiary/aromatic N) is 15. The standard InChI is InChI=1S/C31H32F3N7O.2C25H23N5O.C24H22N6O/c1-4-41-18-24(27-28(35)36-19-37-29(27)41)8-7-21-15-22(6-5-20(21)2)30(42)38-25-10-9-23(26(16-25)31(32,33)34)17-40-13-11-39(3)12-14-40;2*1-4-30-14-20(22-23(26)27-15-28-24(22)30)11-10-18-13-19(9-8-17(18)3)25(31)29-21-7-5-6-16(2)12-21;1-4-30-13-19(21-22(25)26-14-27-23(21)30)11-10-17-12-18(9-8-15(17)2)24(31)29-20-7-5-6-16(3)28-20/h5-6,9-10,15-16,18-19H,4,11-14,17H2,1-3H3,(H,38,42)(H2,35,36,37);2*5-9,12-15H,4H2,1-3H3,(H,29,31)(H2,26,27,28);5-9,12-14H,4H2,1-3H3,(H2,25,26,27)(H,28,29,31). The van der Waals surface area contributed by atoms with Crippen LogP contribution in [-0.4, -0.2) is 130 Å². The molecule has 1 aliphatic rings. The predicted octanol–water partition coefficient (Wildman–Crippen LogP) is 17.1. The first-order valence-corrected chi connectivity index (χ1v) is 43.7. The van der Waals surface area contributed by atoms with Crippen LogP contribution in [0, 0.1) is 95.8 Å². The number of carbonyl (C=O) groups is 4. The average molecular weight is 1810 g/mol. The Morgan fingerprint density at radius 3 is 0.985 bits per heavy atom. The van der Waals surface area contributed by atoms with Crippen molar-refractivity contribution in [2.24, 2.45) is 0 Å². The summed E-state index contributed by atoms with van der Waals surface area (Å²) in [5, 5.41) is 14.2. The van der Waals surface area contributed by atoms with Gasteiger partial charge in [0.1, 0.15) is 77.0 Å². The largest absolute Gasteiger partial charge is 0.416 e. The Labute approximate surface area is 779 Å². The van der Waals surface area contributed by atoms with Crippen molar-refractivity contribution in [2.45, 2.75) is 115 Å². The number of aryl methyl sites for hydroxylation is 11. The van der Waals surface area contributed by atoms with Crippen molar-refractivity contribution in [3.8, 4) is 47.4 Å². The maximum atomic E-state index is 14.0. The van der Waals surface area contributed by atoms with Crippen molar-refractivity contribution in [3.05, 3.63) is 325 Å². The van der Waals surface area contributed by atoms with Crippen LogP contribution < -0.4 is 44.2 Å². The van der Waals surface area contributed by atoms with Crippen molar-refractivity contribution >= 4 is 114 Å². The molecule has 0 bridgehead atoms. The van der Waals surface area contributed by atoms with E-state index in [-0.39, 0.29) is 41.1 Å². The number of fused-ring (bicyclic) bond motifs is 4. The summed E-state index contributed by atoms with van der Waals surface area (Å²) in [5.41, 5.74) is 43.0. The number of carbonyl (C=O) groups excluding carboxylic acids is 4. The minimum atomic E-state index is -4.55. The number of nitrogens with two attached hydrogens (primary N) is 4. The van der Waals surface area contributed by atoms with Gasteiger partial charge in [0.15, 0.2) is 0 Å². The second-order valence-electron chi connectivity index (χ2n) is 32.4. The Bertz CT molecular complexity index is 7040. The molecule has 10 heterocycles. The number of likely N-dealkylation sites (N-methyl/N-ethyl adjacent to an activating group) is 1. The van der Waals surface area contributed by atoms with E-state index in [1.165, 1.54) is 37.4 Å². The number of benzene rings is 7. The Kier molecular flexibility index (Phi) is 29.3. The van der Waals surface area contributed by atoms with Gasteiger partial charge in [-0.3, -0.25) is 24.1 Å². The molecule has 0 atom stereocenters. The molecule has 1 fully saturated rings. The summed E-state index contributed by atoms with van der Waals surface area (Å²) in [6, 6.07) is 46.4. The van der Waals surface area contributed by atoms with Gasteiger partial charge in [-0.15, -0.1) is 0 Å². The molecule has 9 aromatic heterocycles. The Morgan fingerprint density at radius 2 is 0.674 bits per heavy atom. The van der Waals surface area contributed by atoms with Gasteiger partial charge in [-0.25, -0.2) is 44.9 Å². The number of anilines is 8. The number of alkyl halides is 3. The molecule has 0 unspecified atom stereocenters. The number of aromatic nitrogens is 13. The Morgan fingerprint density at radius 1 is 0.363 bits per heavy atom. The molecule has 30 heteroatoms. The molecular formula is C105H100F3N23O4. The molecule has 16 aromatic rings. The zero-order valence-corrected chi connectivity index (χ0v) is 76.8. The van der Waals surface area contributed by atoms with Crippen LogP contribution in [0.5, 0.6) is 0 Å². The van der Waals surface area contributed by atoms with E-state index >= 15 is 0 Å². The number of rotatable bonds is 14. The average Bonchev–Trinajstić information content (AvgIpc) is 1.61. The molecule has 0 radical (unpaired) electrons. The molecule has 1 saturated heterocycles. The highest BCUT2D eigenvalue weighted by atomic mass is 19.4. The lowest BCUT2D eigenvalue weighted by Crippen LogP contribution is -2.44. The van der Waals surface area contributed by atoms with Crippen molar-refractivity contribution in [1.29, 1.82) is 0 Å². The van der Waals surface area contributed by atoms with Crippen LogP contribution in [0.25, 0.3) is 44.1 Å². The number of pyridine rings is 1. The zero-order valence-electron chi connectivity index (χ0n) is 76.8. The molecule has 0 saturated carbocycles. The number of hydrogen-bond donors (Lipinski definition) is 8. The first-order valence-electron chi connectivity index (χ1n) is 43.7. The molecule has 12 N–H and O–H groups in total. The normalized spacial score (nSPS) is 11.8. The Hall–Kier alpha value is -16.8. The zero-order chi connectivity index (χ0) is 95.9. The van der Waals surface area contributed by atoms with Crippen LogP contribution in [-0.2, 0) is 38.9 Å². The summed E-state index contributed by atoms with van der Waals surface area (Å²) < 4.78 is 49.9. The molecule has 7 aromatic carbocycles. The van der Waals surface area contributed by atoms with Crippen molar-refractivity contribution in [3.63, 3.8) is 0 Å². The number of nitrogens with one attached hydrogen (secondary N) is 4. The molecule has 4 amide bonds. The Balaban J connectivity index is 0.000000146. The number of piperazine rings is 1. The van der Waals surface area contributed by atoms with Crippen molar-refractivity contribution < 1.29 is 32.3 Å². The summed E-state index contributed by atoms with van der Waals surface area (Å²) >= 11 is 0. The summed E-state index contributed by atoms with van der Waals surface area (Å²) in [5.74, 6) is 26.4. The number of amides is 4. The number of nitrogen functional groups attached to an aromatic ring is 4. The molecule has 680 valence electrons. The lowest BCUT2D eigenvalue weighted by molar-refractivity contribution is -0.138. The maximum absolute atomic E-state index is 14.0. The molecule has 17 rings (SSSR count). The van der Waals surface area contributed by atoms with Gasteiger partial charge in [0.05, 0.1) is 49.4 Å². The SMILES string of the molecule is CCn1cc(C#Cc2cc(C(=O)Nc3ccc(CN4CCN(C)CC4)c(C(F)(F)F)c3)ccc2C)c2c(N)ncnc21.CCn1cc(C#Cc2cc(C(=O)Nc3cccc(C)c3)ccc2C)c2c(N)ncnc21.CCn1cc(C#Cc2cc(C(=O)Nc3cccc(C)c3)ccc2C)c2c(N)ncnc21.CCn1cc(C#Cc2cc(C(=O)Nc3cccc(C)n3)ccc2C)c2c(N)ncnc21. The minimum Gasteiger partial charge on any atom is -0.383 e. The third-order valence-electron chi connectivity index (χ3n) is 22.8. The molecular weight excluding hydrogens is 1700 g/mol. The van der Waals surface area contributed by atoms with Gasteiger partial charge in [-0.05, 0) is 219 Å². The van der Waals surface area contributed by atoms with E-state index < -0.39 is 17.6 Å². The maximum Gasteiger partial charge on any atom is 0.416 e.